The van der Waals surface area contributed by atoms with E-state index in [-0.39, 0.29) is 36.6 Å². The number of hydrazine groups is 1. The quantitative estimate of drug-likeness (QED) is 0.238. The number of unbranched alkanes of at least 4 members (excludes halogenated alkanes) is 1. The van der Waals surface area contributed by atoms with Crippen LogP contribution in [0.1, 0.15) is 50.7 Å². The second-order valence-electron chi connectivity index (χ2n) is 10.4. The first-order chi connectivity index (χ1) is 20.4. The van der Waals surface area contributed by atoms with Crippen LogP contribution in [0.5, 0.6) is 5.75 Å². The summed E-state index contributed by atoms with van der Waals surface area (Å²) in [6.07, 6.45) is 1.87. The normalized spacial score (nSPS) is 19.3. The van der Waals surface area contributed by atoms with Gasteiger partial charge in [-0.2, -0.15) is 0 Å². The molecule has 2 amide bonds. The van der Waals surface area contributed by atoms with Crippen molar-refractivity contribution >= 4 is 40.5 Å². The van der Waals surface area contributed by atoms with Crippen LogP contribution >= 0.6 is 11.6 Å². The van der Waals surface area contributed by atoms with Gasteiger partial charge in [0.15, 0.2) is 0 Å². The van der Waals surface area contributed by atoms with Gasteiger partial charge in [0.2, 0.25) is 11.8 Å². The third-order valence-electron chi connectivity index (χ3n) is 7.33. The first-order valence-corrected chi connectivity index (χ1v) is 14.8. The van der Waals surface area contributed by atoms with Crippen molar-refractivity contribution in [2.24, 2.45) is 4.99 Å². The van der Waals surface area contributed by atoms with E-state index in [2.05, 4.69) is 39.4 Å². The van der Waals surface area contributed by atoms with E-state index in [4.69, 9.17) is 21.3 Å². The fourth-order valence-electron chi connectivity index (χ4n) is 5.33. The number of para-hydroxylation sites is 1. The summed E-state index contributed by atoms with van der Waals surface area (Å²) in [4.78, 5) is 32.4. The molecule has 0 saturated carbocycles. The molecular formula is C32H37ClN6O3. The molecular weight excluding hydrogens is 552 g/mol. The van der Waals surface area contributed by atoms with Crippen LogP contribution in [-0.2, 0) is 9.59 Å². The summed E-state index contributed by atoms with van der Waals surface area (Å²) >= 11 is 6.22. The molecule has 3 aromatic rings. The van der Waals surface area contributed by atoms with Gasteiger partial charge in [-0.1, -0.05) is 41.9 Å². The number of ether oxygens (including phenoxy) is 1. The van der Waals surface area contributed by atoms with Crippen molar-refractivity contribution in [1.82, 2.24) is 16.2 Å². The molecule has 1 fully saturated rings. The maximum Gasteiger partial charge on any atom is 0.224 e. The van der Waals surface area contributed by atoms with Gasteiger partial charge in [0, 0.05) is 40.5 Å². The molecule has 0 aliphatic carbocycles. The molecule has 5 rings (SSSR count). The zero-order chi connectivity index (χ0) is 29.5. The molecule has 0 spiro atoms. The number of nitrogens with one attached hydrogen (secondary N) is 4. The number of hydrogen-bond donors (Lipinski definition) is 4. The van der Waals surface area contributed by atoms with E-state index in [1.54, 1.807) is 0 Å². The van der Waals surface area contributed by atoms with Crippen LogP contribution in [0.3, 0.4) is 0 Å². The zero-order valence-electron chi connectivity index (χ0n) is 23.9. The highest BCUT2D eigenvalue weighted by molar-refractivity contribution is 6.30. The lowest BCUT2D eigenvalue weighted by molar-refractivity contribution is -0.121. The molecule has 0 radical (unpaired) electrons. The van der Waals surface area contributed by atoms with Crippen LogP contribution < -0.4 is 31.1 Å². The number of carbonyl (C=O) groups excluding carboxylic acids is 2. The van der Waals surface area contributed by atoms with E-state index in [0.717, 1.165) is 40.4 Å². The van der Waals surface area contributed by atoms with Gasteiger partial charge in [0.1, 0.15) is 11.9 Å². The van der Waals surface area contributed by atoms with Crippen molar-refractivity contribution in [3.8, 4) is 5.75 Å². The van der Waals surface area contributed by atoms with Crippen LogP contribution in [0.15, 0.2) is 77.8 Å². The van der Waals surface area contributed by atoms with Gasteiger partial charge in [-0.25, -0.2) is 10.9 Å². The van der Waals surface area contributed by atoms with Crippen LogP contribution in [0.25, 0.3) is 0 Å². The number of fused-ring (bicyclic) bond motifs is 3. The highest BCUT2D eigenvalue weighted by Gasteiger charge is 2.40. The summed E-state index contributed by atoms with van der Waals surface area (Å²) in [6.45, 7) is 5.03. The molecule has 1 saturated heterocycles. The van der Waals surface area contributed by atoms with E-state index >= 15 is 0 Å². The van der Waals surface area contributed by atoms with E-state index in [0.29, 0.717) is 31.0 Å². The van der Waals surface area contributed by atoms with E-state index < -0.39 is 0 Å². The molecule has 10 heteroatoms. The Balaban J connectivity index is 1.34. The molecule has 2 heterocycles. The van der Waals surface area contributed by atoms with Crippen LogP contribution in [0.2, 0.25) is 5.02 Å². The number of rotatable bonds is 11. The van der Waals surface area contributed by atoms with Crippen molar-refractivity contribution in [2.75, 3.05) is 23.4 Å². The number of aliphatic imine (C=N–C) groups is 1. The Hall–Kier alpha value is -3.92. The number of nitrogens with zero attached hydrogens (tertiary/aromatic N) is 2. The third kappa shape index (κ3) is 7.10. The lowest BCUT2D eigenvalue weighted by Crippen LogP contribution is -2.47. The van der Waals surface area contributed by atoms with Crippen LogP contribution in [0, 0.1) is 0 Å². The predicted octanol–water partition coefficient (Wildman–Crippen LogP) is 4.86. The maximum absolute atomic E-state index is 12.7. The molecule has 4 N–H and O–H groups in total. The van der Waals surface area contributed by atoms with Crippen molar-refractivity contribution in [3.05, 3.63) is 88.9 Å². The van der Waals surface area contributed by atoms with Crippen molar-refractivity contribution in [1.29, 1.82) is 0 Å². The van der Waals surface area contributed by atoms with Crippen molar-refractivity contribution in [2.45, 2.75) is 57.9 Å². The first kappa shape index (κ1) is 29.6. The summed E-state index contributed by atoms with van der Waals surface area (Å²) in [6, 6.07) is 22.7. The minimum atomic E-state index is -0.349. The third-order valence-corrected chi connectivity index (χ3v) is 7.58. The summed E-state index contributed by atoms with van der Waals surface area (Å²) in [5.74, 6) is 0.666. The molecule has 0 aromatic heterocycles. The smallest absolute Gasteiger partial charge is 0.224 e. The molecule has 3 aromatic carbocycles. The SMILES string of the molecule is CCNC(=O)C[C@@H]1N=C(c2ccc(Cl)cc2)c2cc(OCCCCC(=O)Nc3ccccc3)ccc2N2C(C)NNC12. The Morgan fingerprint density at radius 3 is 2.55 bits per heavy atom. The molecule has 3 atom stereocenters. The monoisotopic (exact) mass is 588 g/mol. The van der Waals surface area contributed by atoms with Gasteiger partial charge in [-0.15, -0.1) is 0 Å². The van der Waals surface area contributed by atoms with Gasteiger partial charge in [0.05, 0.1) is 30.9 Å². The van der Waals surface area contributed by atoms with Gasteiger partial charge >= 0.3 is 0 Å². The van der Waals surface area contributed by atoms with Gasteiger partial charge in [-0.05, 0) is 69.2 Å². The number of anilines is 2. The van der Waals surface area contributed by atoms with E-state index in [1.807, 2.05) is 73.7 Å². The average molecular weight is 589 g/mol. The minimum absolute atomic E-state index is 0.00581. The average Bonchev–Trinajstić information content (AvgIpc) is 3.31. The Labute approximate surface area is 251 Å². The molecule has 2 aliphatic heterocycles. The first-order valence-electron chi connectivity index (χ1n) is 14.4. The molecule has 42 heavy (non-hydrogen) atoms. The van der Waals surface area contributed by atoms with E-state index in [9.17, 15) is 9.59 Å². The maximum atomic E-state index is 12.7. The Morgan fingerprint density at radius 1 is 1.00 bits per heavy atom. The molecule has 2 aliphatic rings. The van der Waals surface area contributed by atoms with Crippen LogP contribution in [0.4, 0.5) is 11.4 Å². The van der Waals surface area contributed by atoms with Crippen molar-refractivity contribution in [3.63, 3.8) is 0 Å². The number of carbonyl (C=O) groups is 2. The number of halogens is 1. The number of hydrogen-bond acceptors (Lipinski definition) is 7. The Bertz CT molecular complexity index is 1420. The fourth-order valence-corrected chi connectivity index (χ4v) is 5.45. The molecule has 9 nitrogen and oxygen atoms in total. The Kier molecular flexibility index (Phi) is 9.74. The lowest BCUT2D eigenvalue weighted by Gasteiger charge is -2.31. The molecule has 2 unspecified atom stereocenters. The second-order valence-corrected chi connectivity index (χ2v) is 10.9. The predicted molar refractivity (Wildman–Crippen MR) is 167 cm³/mol. The summed E-state index contributed by atoms with van der Waals surface area (Å²) in [5.41, 5.74) is 11.1. The topological polar surface area (TPSA) is 107 Å². The lowest BCUT2D eigenvalue weighted by atomic mass is 9.99. The molecule has 0 bridgehead atoms. The second kappa shape index (κ2) is 13.8. The van der Waals surface area contributed by atoms with Gasteiger partial charge in [0.25, 0.3) is 0 Å². The highest BCUT2D eigenvalue weighted by Crippen LogP contribution is 2.36. The zero-order valence-corrected chi connectivity index (χ0v) is 24.7. The number of amides is 2. The van der Waals surface area contributed by atoms with Crippen molar-refractivity contribution < 1.29 is 14.3 Å². The Morgan fingerprint density at radius 2 is 1.79 bits per heavy atom. The summed E-state index contributed by atoms with van der Waals surface area (Å²) in [5, 5.41) is 6.47. The minimum Gasteiger partial charge on any atom is -0.494 e. The summed E-state index contributed by atoms with van der Waals surface area (Å²) in [7, 11) is 0. The number of benzene rings is 3. The van der Waals surface area contributed by atoms with E-state index in [1.165, 1.54) is 0 Å². The van der Waals surface area contributed by atoms with Gasteiger partial charge < -0.3 is 20.3 Å². The fraction of sp³-hybridized carbons (Fsp3) is 0.344. The summed E-state index contributed by atoms with van der Waals surface area (Å²) < 4.78 is 6.16. The molecule has 220 valence electrons. The largest absolute Gasteiger partial charge is 0.494 e. The van der Waals surface area contributed by atoms with Crippen LogP contribution in [-0.4, -0.2) is 49.1 Å². The highest BCUT2D eigenvalue weighted by atomic mass is 35.5. The van der Waals surface area contributed by atoms with Gasteiger partial charge in [-0.3, -0.25) is 14.6 Å². The standard InChI is InChI=1S/C32H37ClN6O3/c1-3-34-30(41)20-27-32-38-37-21(2)39(32)28-17-16-25(19-26(28)31(36-27)22-12-14-23(33)15-13-22)42-18-8-7-11-29(40)35-24-9-5-4-6-10-24/h4-6,9-10,12-17,19,21,27,32,37-38H,3,7-8,11,18,20H2,1-2H3,(H,34,41)(H,35,40)/t21?,27-,32?/m0/s1.